The Morgan fingerprint density at radius 1 is 0.540 bits per heavy atom. The minimum atomic E-state index is 0.617. The van der Waals surface area contributed by atoms with E-state index in [2.05, 4.69) is 52.1 Å². The molecule has 1 fully saturated rings. The van der Waals surface area contributed by atoms with Crippen LogP contribution in [-0.4, -0.2) is 18.7 Å². The van der Waals surface area contributed by atoms with Gasteiger partial charge in [-0.15, -0.1) is 22.7 Å². The Kier molecular flexibility index (Phi) is 18.9. The first kappa shape index (κ1) is 48.2. The molecule has 7 heteroatoms. The Bertz CT molecular complexity index is 2510. The largest absolute Gasteiger partial charge is 0.249 e. The van der Waals surface area contributed by atoms with Gasteiger partial charge in [0.2, 0.25) is 0 Å². The molecule has 4 heterocycles. The Hall–Kier alpha value is -2.74. The van der Waals surface area contributed by atoms with E-state index in [1.165, 1.54) is 228 Å². The summed E-state index contributed by atoms with van der Waals surface area (Å²) in [7, 11) is 0. The Balaban J connectivity index is 1.06. The molecule has 0 radical (unpaired) electrons. The van der Waals surface area contributed by atoms with Crippen molar-refractivity contribution in [2.75, 3.05) is 0 Å². The molecule has 2 aliphatic carbocycles. The lowest BCUT2D eigenvalue weighted by Crippen LogP contribution is -2.22. The van der Waals surface area contributed by atoms with E-state index in [0.717, 1.165) is 60.3 Å². The number of hydrogen-bond donors (Lipinski definition) is 0. The molecule has 3 atom stereocenters. The van der Waals surface area contributed by atoms with Crippen molar-refractivity contribution < 1.29 is 0 Å². The van der Waals surface area contributed by atoms with Crippen LogP contribution in [0, 0.1) is 50.4 Å². The third kappa shape index (κ3) is 12.8. The average Bonchev–Trinajstić information content (AvgIpc) is 4.07. The zero-order valence-corrected chi connectivity index (χ0v) is 42.3. The quantitative estimate of drug-likeness (QED) is 0.0483. The Morgan fingerprint density at radius 2 is 1.00 bits per heavy atom. The van der Waals surface area contributed by atoms with Crippen LogP contribution >= 0.6 is 34.4 Å². The normalized spacial score (nSPS) is 18.6. The van der Waals surface area contributed by atoms with Gasteiger partial charge < -0.3 is 0 Å². The zero-order chi connectivity index (χ0) is 44.0. The average molecular weight is 905 g/mol. The molecule has 0 aliphatic heterocycles. The number of allylic oxidation sites excluding steroid dienone is 1. The van der Waals surface area contributed by atoms with Crippen LogP contribution in [-0.2, 0) is 0 Å². The van der Waals surface area contributed by atoms with Crippen LogP contribution in [0.25, 0.3) is 40.8 Å². The fourth-order valence-electron chi connectivity index (χ4n) is 11.0. The van der Waals surface area contributed by atoms with Gasteiger partial charge in [0.1, 0.15) is 16.6 Å². The monoisotopic (exact) mass is 905 g/mol. The lowest BCUT2D eigenvalue weighted by atomic mass is 9.71. The van der Waals surface area contributed by atoms with Crippen LogP contribution in [0.15, 0.2) is 18.2 Å². The highest BCUT2D eigenvalue weighted by Crippen LogP contribution is 2.44. The van der Waals surface area contributed by atoms with Crippen LogP contribution in [0.1, 0.15) is 223 Å². The topological polar surface area (TPSA) is 51.6 Å². The zero-order valence-electron chi connectivity index (χ0n) is 39.9. The van der Waals surface area contributed by atoms with E-state index in [9.17, 15) is 0 Å². The third-order valence-electron chi connectivity index (χ3n) is 14.7. The molecule has 7 rings (SSSR count). The van der Waals surface area contributed by atoms with E-state index in [0.29, 0.717) is 5.92 Å². The molecule has 1 saturated carbocycles. The lowest BCUT2D eigenvalue weighted by Gasteiger charge is -2.34. The standard InChI is InChI=1S/C56H80N4S3/c1-7-9-11-13-15-17-19-21-23-25-27-29-31-43-34-44(32-30-28-26-24-22-20-18-16-14-12-10-8-2)36-45(35-43)37-46-47-33-39(3)61-55(47)56-48(46)38-49(62-56)50-53-51(57-41(5)42(6)58-53)40(4)52-54(50)60-63-59-52/h33,37-38,43-45H,3-4,7-32,34-36H2,1-2,5-6H3/b46-37-,50-49+/t43-,44?,45?/m1/s1. The molecule has 0 saturated heterocycles. The van der Waals surface area contributed by atoms with E-state index in [-0.39, 0.29) is 0 Å². The summed E-state index contributed by atoms with van der Waals surface area (Å²) >= 11 is 5.01. The first-order chi connectivity index (χ1) is 30.9. The number of hydrogen-bond acceptors (Lipinski definition) is 7. The summed E-state index contributed by atoms with van der Waals surface area (Å²) in [5, 5.41) is 1.89. The predicted octanol–water partition coefficient (Wildman–Crippen LogP) is 16.7. The second-order valence-corrected chi connectivity index (χ2v) is 22.6. The van der Waals surface area contributed by atoms with Gasteiger partial charge in [0.25, 0.3) is 0 Å². The second-order valence-electron chi connectivity index (χ2n) is 19.9. The van der Waals surface area contributed by atoms with E-state index < -0.39 is 0 Å². The summed E-state index contributed by atoms with van der Waals surface area (Å²) in [5.41, 5.74) is 9.61. The maximum atomic E-state index is 5.15. The van der Waals surface area contributed by atoms with E-state index >= 15 is 0 Å². The van der Waals surface area contributed by atoms with Crippen LogP contribution in [0.4, 0.5) is 0 Å². The number of nitrogens with zero attached hydrogens (tertiary/aromatic N) is 4. The number of rotatable bonds is 27. The fourth-order valence-corrected chi connectivity index (χ4v) is 13.9. The van der Waals surface area contributed by atoms with E-state index in [1.807, 2.05) is 29.6 Å². The molecular formula is C56H80N4S3. The molecule has 5 aromatic rings. The van der Waals surface area contributed by atoms with Crippen molar-refractivity contribution in [1.29, 1.82) is 0 Å². The van der Waals surface area contributed by atoms with Gasteiger partial charge in [-0.25, -0.2) is 9.97 Å². The Morgan fingerprint density at radius 3 is 1.54 bits per heavy atom. The molecule has 63 heavy (non-hydrogen) atoms. The summed E-state index contributed by atoms with van der Waals surface area (Å²) in [6, 6.07) is 4.81. The van der Waals surface area contributed by atoms with Crippen molar-refractivity contribution >= 4 is 75.2 Å². The van der Waals surface area contributed by atoms with Gasteiger partial charge in [-0.1, -0.05) is 200 Å². The number of unbranched alkanes of at least 4 members (excludes halogenated alkanes) is 22. The van der Waals surface area contributed by atoms with Crippen molar-refractivity contribution in [2.24, 2.45) is 17.8 Å². The minimum Gasteiger partial charge on any atom is -0.249 e. The summed E-state index contributed by atoms with van der Waals surface area (Å²) < 4.78 is 14.7. The van der Waals surface area contributed by atoms with E-state index in [4.69, 9.17) is 18.7 Å². The minimum absolute atomic E-state index is 0.617. The number of benzene rings is 1. The van der Waals surface area contributed by atoms with Crippen LogP contribution < -0.4 is 9.75 Å². The van der Waals surface area contributed by atoms with Gasteiger partial charge in [-0.3, -0.25) is 0 Å². The van der Waals surface area contributed by atoms with Crippen LogP contribution in [0.3, 0.4) is 0 Å². The van der Waals surface area contributed by atoms with Gasteiger partial charge >= 0.3 is 0 Å². The number of aromatic nitrogens is 4. The van der Waals surface area contributed by atoms with Gasteiger partial charge in [0.05, 0.1) is 37.7 Å². The molecule has 0 spiro atoms. The molecule has 1 aromatic carbocycles. The molecular weight excluding hydrogens is 825 g/mol. The molecule has 0 bridgehead atoms. The summed E-state index contributed by atoms with van der Waals surface area (Å²) in [5.74, 6) is 2.31. The summed E-state index contributed by atoms with van der Waals surface area (Å²) in [6.45, 7) is 17.6. The first-order valence-corrected chi connectivity index (χ1v) is 28.3. The third-order valence-corrected chi connectivity index (χ3v) is 17.5. The molecule has 2 unspecified atom stereocenters. The molecule has 2 aliphatic rings. The second kappa shape index (κ2) is 24.7. The molecule has 4 aromatic heterocycles. The van der Waals surface area contributed by atoms with Crippen molar-refractivity contribution in [1.82, 2.24) is 18.7 Å². The van der Waals surface area contributed by atoms with Gasteiger partial charge in [-0.05, 0) is 68.6 Å². The highest BCUT2D eigenvalue weighted by atomic mass is 32.1. The van der Waals surface area contributed by atoms with Gasteiger partial charge in [-0.2, -0.15) is 8.75 Å². The SMILES string of the molecule is C=c1cc2c(s1)=c1s/c(=c3/c4nsnc4c(=C)c4nc(C)c(C)nc34)cc1/C2=C\C1CC(CCCCCCCCCCCCCC)C[C@@H](CCCCCCCCCCCCCC)C1. The molecule has 0 amide bonds. The molecule has 342 valence electrons. The highest BCUT2D eigenvalue weighted by molar-refractivity contribution is 7.12. The number of fused-ring (bicyclic) bond motifs is 4. The van der Waals surface area contributed by atoms with E-state index in [1.54, 1.807) is 0 Å². The first-order valence-electron chi connectivity index (χ1n) is 25.9. The number of aryl methyl sites for hydroxylation is 2. The van der Waals surface area contributed by atoms with Gasteiger partial charge in [0, 0.05) is 30.6 Å². The Labute approximate surface area is 392 Å². The van der Waals surface area contributed by atoms with Crippen molar-refractivity contribution in [3.63, 3.8) is 0 Å². The summed E-state index contributed by atoms with van der Waals surface area (Å²) in [4.78, 5) is 10.2. The molecule has 0 N–H and O–H groups in total. The van der Waals surface area contributed by atoms with Gasteiger partial charge in [0.15, 0.2) is 0 Å². The smallest absolute Gasteiger partial charge is 0.116 e. The lowest BCUT2D eigenvalue weighted by molar-refractivity contribution is 0.198. The van der Waals surface area contributed by atoms with Crippen molar-refractivity contribution in [3.8, 4) is 0 Å². The number of thiophene rings is 2. The fraction of sp³-hybridized carbons (Fsp3) is 0.643. The summed E-state index contributed by atoms with van der Waals surface area (Å²) in [6.07, 6.45) is 43.9. The highest BCUT2D eigenvalue weighted by Gasteiger charge is 2.30. The molecule has 4 nitrogen and oxygen atoms in total. The maximum absolute atomic E-state index is 5.15. The maximum Gasteiger partial charge on any atom is 0.116 e. The predicted molar refractivity (Wildman–Crippen MR) is 277 cm³/mol. The van der Waals surface area contributed by atoms with Crippen LogP contribution in [0.5, 0.6) is 0 Å². The van der Waals surface area contributed by atoms with Crippen molar-refractivity contribution in [3.05, 3.63) is 69.3 Å². The van der Waals surface area contributed by atoms with Crippen molar-refractivity contribution in [2.45, 2.75) is 214 Å². The van der Waals surface area contributed by atoms with Crippen LogP contribution in [0.2, 0.25) is 0 Å².